The average Bonchev–Trinajstić information content (AvgIpc) is 3.26. The predicted octanol–water partition coefficient (Wildman–Crippen LogP) is 3.38. The minimum atomic E-state index is -0.786. The van der Waals surface area contributed by atoms with E-state index in [1.807, 2.05) is 6.07 Å². The molecule has 1 aromatic heterocycles. The summed E-state index contributed by atoms with van der Waals surface area (Å²) in [5, 5.41) is 18.4. The van der Waals surface area contributed by atoms with E-state index in [-0.39, 0.29) is 24.9 Å². The molecule has 9 heteroatoms. The molecule has 2 heterocycles. The molecule has 1 aromatic carbocycles. The second-order valence-corrected chi connectivity index (χ2v) is 7.89. The van der Waals surface area contributed by atoms with E-state index in [0.717, 1.165) is 12.1 Å². The van der Waals surface area contributed by atoms with E-state index in [1.54, 1.807) is 28.5 Å². The van der Waals surface area contributed by atoms with Crippen molar-refractivity contribution in [1.82, 2.24) is 5.32 Å². The Balaban J connectivity index is 1.49. The van der Waals surface area contributed by atoms with Crippen LogP contribution in [-0.4, -0.2) is 42.7 Å². The molecule has 0 bridgehead atoms. The maximum absolute atomic E-state index is 12.0. The van der Waals surface area contributed by atoms with Crippen molar-refractivity contribution >= 4 is 57.7 Å². The Hall–Kier alpha value is -1.80. The van der Waals surface area contributed by atoms with Crippen molar-refractivity contribution in [3.63, 3.8) is 0 Å². The second kappa shape index (κ2) is 8.93. The van der Waals surface area contributed by atoms with Crippen LogP contribution in [0, 0.1) is 0 Å². The lowest BCUT2D eigenvalue weighted by Crippen LogP contribution is -2.35. The van der Waals surface area contributed by atoms with Gasteiger partial charge in [-0.15, -0.1) is 11.3 Å². The Morgan fingerprint density at radius 3 is 2.70 bits per heavy atom. The number of anilines is 2. The van der Waals surface area contributed by atoms with Crippen LogP contribution in [0.5, 0.6) is 0 Å². The zero-order valence-corrected chi connectivity index (χ0v) is 16.7. The lowest BCUT2D eigenvalue weighted by atomic mass is 10.2. The minimum absolute atomic E-state index is 0.0783. The molecular weight excluding hydrogens is 409 g/mol. The Kier molecular flexibility index (Phi) is 6.59. The Bertz CT molecular complexity index is 843. The molecule has 27 heavy (non-hydrogen) atoms. The summed E-state index contributed by atoms with van der Waals surface area (Å²) in [7, 11) is 0. The molecule has 0 saturated carbocycles. The third-order valence-electron chi connectivity index (χ3n) is 4.18. The monoisotopic (exact) mass is 427 g/mol. The van der Waals surface area contributed by atoms with Gasteiger partial charge in [-0.05, 0) is 36.1 Å². The lowest BCUT2D eigenvalue weighted by molar-refractivity contribution is -0.117. The standard InChI is InChI=1S/C18H19Cl2N3O3S/c19-13-5-7-27-17(13)18(26)22-10-12(24)9-21-11-3-4-15(14(20)8-11)23-6-1-2-16(23)25/h3-5,7-8,12,21,24H,1-2,6,9-10H2,(H,22,26)/t12-/m0/s1. The number of thiophene rings is 1. The molecule has 1 aliphatic heterocycles. The fourth-order valence-corrected chi connectivity index (χ4v) is 4.13. The number of nitrogens with one attached hydrogen (secondary N) is 2. The first-order valence-corrected chi connectivity index (χ1v) is 10.1. The molecule has 1 fully saturated rings. The number of hydrogen-bond donors (Lipinski definition) is 3. The van der Waals surface area contributed by atoms with Crippen LogP contribution in [0.25, 0.3) is 0 Å². The first-order valence-electron chi connectivity index (χ1n) is 8.48. The lowest BCUT2D eigenvalue weighted by Gasteiger charge is -2.19. The van der Waals surface area contributed by atoms with Crippen molar-refractivity contribution in [2.24, 2.45) is 0 Å². The Morgan fingerprint density at radius 1 is 1.26 bits per heavy atom. The molecule has 6 nitrogen and oxygen atoms in total. The van der Waals surface area contributed by atoms with E-state index >= 15 is 0 Å². The third-order valence-corrected chi connectivity index (χ3v) is 5.82. The van der Waals surface area contributed by atoms with E-state index in [2.05, 4.69) is 10.6 Å². The Labute approximate surface area is 171 Å². The van der Waals surface area contributed by atoms with Gasteiger partial charge in [0.25, 0.3) is 5.91 Å². The summed E-state index contributed by atoms with van der Waals surface area (Å²) in [5.41, 5.74) is 1.42. The van der Waals surface area contributed by atoms with Gasteiger partial charge in [0, 0.05) is 31.7 Å². The quantitative estimate of drug-likeness (QED) is 0.632. The molecule has 1 atom stereocenters. The van der Waals surface area contributed by atoms with Gasteiger partial charge in [0.2, 0.25) is 5.91 Å². The summed E-state index contributed by atoms with van der Waals surface area (Å²) in [6.45, 7) is 1.00. The van der Waals surface area contributed by atoms with E-state index in [0.29, 0.717) is 33.6 Å². The number of amides is 2. The summed E-state index contributed by atoms with van der Waals surface area (Å²) < 4.78 is 0. The molecule has 2 amide bonds. The van der Waals surface area contributed by atoms with Crippen LogP contribution in [0.4, 0.5) is 11.4 Å². The molecular formula is C18H19Cl2N3O3S. The van der Waals surface area contributed by atoms with E-state index in [1.165, 1.54) is 11.3 Å². The minimum Gasteiger partial charge on any atom is -0.389 e. The number of nitrogens with zero attached hydrogens (tertiary/aromatic N) is 1. The van der Waals surface area contributed by atoms with E-state index in [9.17, 15) is 14.7 Å². The molecule has 0 spiro atoms. The normalized spacial score (nSPS) is 15.1. The number of carbonyl (C=O) groups is 2. The number of aliphatic hydroxyl groups is 1. The van der Waals surface area contributed by atoms with Crippen LogP contribution in [0.1, 0.15) is 22.5 Å². The molecule has 144 valence electrons. The molecule has 1 aliphatic rings. The maximum atomic E-state index is 12.0. The number of benzene rings is 1. The molecule has 3 N–H and O–H groups in total. The topological polar surface area (TPSA) is 81.7 Å². The van der Waals surface area contributed by atoms with Crippen molar-refractivity contribution in [3.8, 4) is 0 Å². The smallest absolute Gasteiger partial charge is 0.262 e. The molecule has 2 aromatic rings. The first kappa shape index (κ1) is 19.9. The van der Waals surface area contributed by atoms with Crippen LogP contribution < -0.4 is 15.5 Å². The molecule has 1 saturated heterocycles. The van der Waals surface area contributed by atoms with Gasteiger partial charge < -0.3 is 20.6 Å². The Morgan fingerprint density at radius 2 is 2.07 bits per heavy atom. The van der Waals surface area contributed by atoms with Crippen molar-refractivity contribution in [3.05, 3.63) is 44.6 Å². The highest BCUT2D eigenvalue weighted by Crippen LogP contribution is 2.31. The number of hydrogen-bond acceptors (Lipinski definition) is 5. The van der Waals surface area contributed by atoms with Crippen molar-refractivity contribution in [1.29, 1.82) is 0 Å². The number of rotatable bonds is 7. The third kappa shape index (κ3) is 4.93. The average molecular weight is 428 g/mol. The summed E-state index contributed by atoms with van der Waals surface area (Å²) in [4.78, 5) is 25.9. The van der Waals surface area contributed by atoms with Gasteiger partial charge in [-0.25, -0.2) is 0 Å². The van der Waals surface area contributed by atoms with Crippen LogP contribution in [0.2, 0.25) is 10.0 Å². The first-order chi connectivity index (χ1) is 13.0. The number of halogens is 2. The van der Waals surface area contributed by atoms with Crippen molar-refractivity contribution < 1.29 is 14.7 Å². The van der Waals surface area contributed by atoms with E-state index in [4.69, 9.17) is 23.2 Å². The van der Waals surface area contributed by atoms with Gasteiger partial charge in [0.1, 0.15) is 4.88 Å². The molecule has 3 rings (SSSR count). The van der Waals surface area contributed by atoms with Crippen LogP contribution in [0.3, 0.4) is 0 Å². The van der Waals surface area contributed by atoms with Gasteiger partial charge in [0.15, 0.2) is 0 Å². The van der Waals surface area contributed by atoms with Gasteiger partial charge in [-0.3, -0.25) is 9.59 Å². The van der Waals surface area contributed by atoms with Gasteiger partial charge >= 0.3 is 0 Å². The summed E-state index contributed by atoms with van der Waals surface area (Å²) in [5.74, 6) is -0.230. The summed E-state index contributed by atoms with van der Waals surface area (Å²) in [6.07, 6.45) is 0.598. The second-order valence-electron chi connectivity index (χ2n) is 6.16. The van der Waals surface area contributed by atoms with Gasteiger partial charge in [-0.2, -0.15) is 0 Å². The van der Waals surface area contributed by atoms with Gasteiger partial charge in [-0.1, -0.05) is 23.2 Å². The van der Waals surface area contributed by atoms with Crippen LogP contribution in [-0.2, 0) is 4.79 Å². The highest BCUT2D eigenvalue weighted by Gasteiger charge is 2.23. The summed E-state index contributed by atoms with van der Waals surface area (Å²) in [6, 6.07) is 6.98. The van der Waals surface area contributed by atoms with Crippen molar-refractivity contribution in [2.45, 2.75) is 18.9 Å². The number of carbonyl (C=O) groups excluding carboxylic acids is 2. The van der Waals surface area contributed by atoms with Crippen LogP contribution >= 0.6 is 34.5 Å². The van der Waals surface area contributed by atoms with Crippen LogP contribution in [0.15, 0.2) is 29.6 Å². The highest BCUT2D eigenvalue weighted by atomic mass is 35.5. The number of aliphatic hydroxyl groups excluding tert-OH is 1. The predicted molar refractivity (Wildman–Crippen MR) is 109 cm³/mol. The fraction of sp³-hybridized carbons (Fsp3) is 0.333. The zero-order valence-electron chi connectivity index (χ0n) is 14.4. The van der Waals surface area contributed by atoms with Gasteiger partial charge in [0.05, 0.1) is 21.8 Å². The highest BCUT2D eigenvalue weighted by molar-refractivity contribution is 7.12. The SMILES string of the molecule is O=C(NC[C@@H](O)CNc1ccc(N2CCCC2=O)c(Cl)c1)c1sccc1Cl. The fourth-order valence-electron chi connectivity index (χ4n) is 2.79. The summed E-state index contributed by atoms with van der Waals surface area (Å²) >= 11 is 13.5. The van der Waals surface area contributed by atoms with Crippen molar-refractivity contribution in [2.75, 3.05) is 29.9 Å². The largest absolute Gasteiger partial charge is 0.389 e. The maximum Gasteiger partial charge on any atom is 0.262 e. The molecule has 0 aliphatic carbocycles. The van der Waals surface area contributed by atoms with E-state index < -0.39 is 6.10 Å². The molecule has 0 radical (unpaired) electrons. The zero-order chi connectivity index (χ0) is 19.4. The molecule has 0 unspecified atom stereocenters.